The third-order valence-corrected chi connectivity index (χ3v) is 3.96. The van der Waals surface area contributed by atoms with Crippen molar-refractivity contribution < 1.29 is 19.4 Å². The Kier molecular flexibility index (Phi) is 6.84. The third-order valence-electron chi connectivity index (χ3n) is 3.96. The van der Waals surface area contributed by atoms with Crippen LogP contribution >= 0.6 is 0 Å². The van der Waals surface area contributed by atoms with Gasteiger partial charge in [0.15, 0.2) is 0 Å². The van der Waals surface area contributed by atoms with E-state index >= 15 is 0 Å². The first-order valence-electron chi connectivity index (χ1n) is 7.05. The highest BCUT2D eigenvalue weighted by molar-refractivity contribution is 5.76. The Balaban J connectivity index is 2.12. The van der Waals surface area contributed by atoms with E-state index in [9.17, 15) is 9.59 Å². The van der Waals surface area contributed by atoms with E-state index in [-0.39, 0.29) is 17.7 Å². The fourth-order valence-electron chi connectivity index (χ4n) is 2.45. The predicted molar refractivity (Wildman–Crippen MR) is 71.9 cm³/mol. The number of carbonyl (C=O) groups is 2. The number of hydrogen-bond donors (Lipinski definition) is 2. The normalized spacial score (nSPS) is 16.7. The largest absolute Gasteiger partial charge is 0.481 e. The van der Waals surface area contributed by atoms with E-state index in [0.717, 1.165) is 32.4 Å². The van der Waals surface area contributed by atoms with Crippen LogP contribution in [0.5, 0.6) is 0 Å². The number of aliphatic carboxylic acids is 1. The molecule has 0 unspecified atom stereocenters. The zero-order valence-corrected chi connectivity index (χ0v) is 11.7. The van der Waals surface area contributed by atoms with E-state index in [0.29, 0.717) is 19.3 Å². The van der Waals surface area contributed by atoms with Crippen molar-refractivity contribution >= 4 is 11.9 Å². The molecule has 0 aliphatic heterocycles. The van der Waals surface area contributed by atoms with E-state index in [1.165, 1.54) is 6.42 Å². The van der Waals surface area contributed by atoms with Crippen molar-refractivity contribution in [3.63, 3.8) is 0 Å². The fraction of sp³-hybridized carbons (Fsp3) is 0.857. The van der Waals surface area contributed by atoms with E-state index < -0.39 is 5.97 Å². The number of nitrogens with one attached hydrogen (secondary N) is 1. The summed E-state index contributed by atoms with van der Waals surface area (Å²) in [5.41, 5.74) is 0.243. The van der Waals surface area contributed by atoms with Gasteiger partial charge in [0, 0.05) is 33.1 Å². The number of carboxylic acid groups (broad SMARTS) is 1. The summed E-state index contributed by atoms with van der Waals surface area (Å²) in [5.74, 6) is -0.762. The molecule has 0 heterocycles. The lowest BCUT2D eigenvalue weighted by Gasteiger charge is -2.42. The van der Waals surface area contributed by atoms with Gasteiger partial charge >= 0.3 is 5.97 Å². The van der Waals surface area contributed by atoms with Crippen molar-refractivity contribution in [1.29, 1.82) is 0 Å². The molecular formula is C14H25NO4. The van der Waals surface area contributed by atoms with Crippen LogP contribution in [0.15, 0.2) is 0 Å². The monoisotopic (exact) mass is 271 g/mol. The minimum Gasteiger partial charge on any atom is -0.481 e. The Morgan fingerprint density at radius 2 is 1.95 bits per heavy atom. The molecule has 1 saturated carbocycles. The Bertz CT molecular complexity index is 300. The molecule has 1 aliphatic carbocycles. The Hall–Kier alpha value is -1.10. The molecule has 0 aromatic heterocycles. The number of ether oxygens (including phenoxy) is 1. The summed E-state index contributed by atoms with van der Waals surface area (Å²) in [6, 6.07) is 0. The topological polar surface area (TPSA) is 75.6 Å². The molecule has 1 fully saturated rings. The molecule has 19 heavy (non-hydrogen) atoms. The predicted octanol–water partition coefficient (Wildman–Crippen LogP) is 1.95. The Morgan fingerprint density at radius 1 is 1.26 bits per heavy atom. The van der Waals surface area contributed by atoms with Crippen LogP contribution in [0.1, 0.15) is 51.4 Å². The van der Waals surface area contributed by atoms with Crippen molar-refractivity contribution in [3.05, 3.63) is 0 Å². The number of hydrogen-bond acceptors (Lipinski definition) is 3. The number of unbranched alkanes of at least 4 members (excludes halogenated alkanes) is 1. The molecule has 110 valence electrons. The molecule has 1 rings (SSSR count). The van der Waals surface area contributed by atoms with Gasteiger partial charge in [0.25, 0.3) is 0 Å². The van der Waals surface area contributed by atoms with E-state index in [2.05, 4.69) is 5.32 Å². The maximum Gasteiger partial charge on any atom is 0.303 e. The SMILES string of the molecule is COCCC1(CNC(=O)CCCCC(=O)O)CCC1. The minimum atomic E-state index is -0.798. The molecule has 2 N–H and O–H groups in total. The quantitative estimate of drug-likeness (QED) is 0.595. The highest BCUT2D eigenvalue weighted by Gasteiger charge is 2.36. The van der Waals surface area contributed by atoms with Gasteiger partial charge in [-0.05, 0) is 37.5 Å². The van der Waals surface area contributed by atoms with Gasteiger partial charge in [0.05, 0.1) is 0 Å². The van der Waals surface area contributed by atoms with E-state index in [1.54, 1.807) is 7.11 Å². The van der Waals surface area contributed by atoms with Gasteiger partial charge < -0.3 is 15.2 Å². The average Bonchev–Trinajstić information content (AvgIpc) is 2.33. The van der Waals surface area contributed by atoms with Gasteiger partial charge in [-0.1, -0.05) is 6.42 Å². The second kappa shape index (κ2) is 8.15. The van der Waals surface area contributed by atoms with Crippen LogP contribution in [0.3, 0.4) is 0 Å². The standard InChI is InChI=1S/C14H25NO4/c1-19-10-9-14(7-4-8-14)11-15-12(16)5-2-3-6-13(17)18/h2-11H2,1H3,(H,15,16)(H,17,18). The van der Waals surface area contributed by atoms with Crippen molar-refractivity contribution in [2.24, 2.45) is 5.41 Å². The summed E-state index contributed by atoms with van der Waals surface area (Å²) >= 11 is 0. The van der Waals surface area contributed by atoms with Gasteiger partial charge in [0.2, 0.25) is 5.91 Å². The molecule has 5 heteroatoms. The first-order chi connectivity index (χ1) is 9.08. The molecule has 0 atom stereocenters. The van der Waals surface area contributed by atoms with Crippen LogP contribution in [0.2, 0.25) is 0 Å². The summed E-state index contributed by atoms with van der Waals surface area (Å²) in [7, 11) is 1.70. The van der Waals surface area contributed by atoms with Crippen LogP contribution in [-0.2, 0) is 14.3 Å². The fourth-order valence-corrected chi connectivity index (χ4v) is 2.45. The first kappa shape index (κ1) is 16.0. The van der Waals surface area contributed by atoms with Gasteiger partial charge in [-0.3, -0.25) is 9.59 Å². The van der Waals surface area contributed by atoms with Gasteiger partial charge in [0.1, 0.15) is 0 Å². The summed E-state index contributed by atoms with van der Waals surface area (Å²) in [5, 5.41) is 11.5. The molecule has 0 radical (unpaired) electrons. The van der Waals surface area contributed by atoms with Crippen LogP contribution < -0.4 is 5.32 Å². The van der Waals surface area contributed by atoms with Crippen LogP contribution in [-0.4, -0.2) is 37.2 Å². The minimum absolute atomic E-state index is 0.0362. The van der Waals surface area contributed by atoms with Crippen LogP contribution in [0.4, 0.5) is 0 Å². The number of carbonyl (C=O) groups excluding carboxylic acids is 1. The number of amides is 1. The summed E-state index contributed by atoms with van der Waals surface area (Å²) < 4.78 is 5.11. The van der Waals surface area contributed by atoms with Gasteiger partial charge in [-0.15, -0.1) is 0 Å². The number of carboxylic acids is 1. The summed E-state index contributed by atoms with van der Waals surface area (Å²) in [4.78, 5) is 22.0. The second-order valence-corrected chi connectivity index (χ2v) is 5.47. The van der Waals surface area contributed by atoms with Gasteiger partial charge in [-0.2, -0.15) is 0 Å². The Labute approximate surface area is 114 Å². The maximum absolute atomic E-state index is 11.7. The molecule has 0 aromatic rings. The molecule has 1 aliphatic rings. The van der Waals surface area contributed by atoms with Gasteiger partial charge in [-0.25, -0.2) is 0 Å². The zero-order chi connectivity index (χ0) is 14.1. The highest BCUT2D eigenvalue weighted by atomic mass is 16.5. The van der Waals surface area contributed by atoms with Crippen molar-refractivity contribution in [1.82, 2.24) is 5.32 Å². The molecular weight excluding hydrogens is 246 g/mol. The van der Waals surface area contributed by atoms with Crippen molar-refractivity contribution in [2.75, 3.05) is 20.3 Å². The molecule has 5 nitrogen and oxygen atoms in total. The third kappa shape index (κ3) is 6.05. The number of rotatable bonds is 10. The number of methoxy groups -OCH3 is 1. The smallest absolute Gasteiger partial charge is 0.303 e. The lowest BCUT2D eigenvalue weighted by molar-refractivity contribution is -0.137. The van der Waals surface area contributed by atoms with E-state index in [4.69, 9.17) is 9.84 Å². The molecule has 1 amide bonds. The van der Waals surface area contributed by atoms with Crippen molar-refractivity contribution in [3.8, 4) is 0 Å². The molecule has 0 aromatic carbocycles. The molecule has 0 spiro atoms. The Morgan fingerprint density at radius 3 is 2.47 bits per heavy atom. The molecule has 0 bridgehead atoms. The first-order valence-corrected chi connectivity index (χ1v) is 7.05. The molecule has 0 saturated heterocycles. The summed E-state index contributed by atoms with van der Waals surface area (Å²) in [6.45, 7) is 1.47. The summed E-state index contributed by atoms with van der Waals surface area (Å²) in [6.07, 6.45) is 6.34. The second-order valence-electron chi connectivity index (χ2n) is 5.47. The lowest BCUT2D eigenvalue weighted by atomic mass is 9.67. The van der Waals surface area contributed by atoms with E-state index in [1.807, 2.05) is 0 Å². The zero-order valence-electron chi connectivity index (χ0n) is 11.7. The lowest BCUT2D eigenvalue weighted by Crippen LogP contribution is -2.42. The highest BCUT2D eigenvalue weighted by Crippen LogP contribution is 2.43. The van der Waals surface area contributed by atoms with Crippen LogP contribution in [0, 0.1) is 5.41 Å². The van der Waals surface area contributed by atoms with Crippen molar-refractivity contribution in [2.45, 2.75) is 51.4 Å². The average molecular weight is 271 g/mol. The van der Waals surface area contributed by atoms with Crippen LogP contribution in [0.25, 0.3) is 0 Å². The maximum atomic E-state index is 11.7.